The lowest BCUT2D eigenvalue weighted by atomic mass is 9.93. The highest BCUT2D eigenvalue weighted by molar-refractivity contribution is 7.18. The summed E-state index contributed by atoms with van der Waals surface area (Å²) in [5, 5.41) is 4.16. The summed E-state index contributed by atoms with van der Waals surface area (Å²) in [5.74, 6) is 0.439. The molecule has 2 aliphatic rings. The number of nitrogens with zero attached hydrogens (tertiary/aromatic N) is 2. The fourth-order valence-corrected chi connectivity index (χ4v) is 3.40. The van der Waals surface area contributed by atoms with Crippen LogP contribution >= 0.6 is 11.3 Å². The van der Waals surface area contributed by atoms with Gasteiger partial charge < -0.3 is 16.0 Å². The van der Waals surface area contributed by atoms with Crippen molar-refractivity contribution >= 4 is 28.2 Å². The molecular formula is C14H22N4OS. The van der Waals surface area contributed by atoms with E-state index in [0.717, 1.165) is 30.9 Å². The third-order valence-corrected chi connectivity index (χ3v) is 4.98. The Labute approximate surface area is 123 Å². The lowest BCUT2D eigenvalue weighted by Gasteiger charge is -2.25. The minimum absolute atomic E-state index is 0.0611. The smallest absolute Gasteiger partial charge is 0.268 e. The van der Waals surface area contributed by atoms with Crippen LogP contribution in [0, 0.1) is 0 Å². The Bertz CT molecular complexity index is 493. The van der Waals surface area contributed by atoms with Gasteiger partial charge in [-0.25, -0.2) is 4.98 Å². The number of hydrogen-bond donors (Lipinski definition) is 2. The van der Waals surface area contributed by atoms with Crippen molar-refractivity contribution in [1.29, 1.82) is 0 Å². The summed E-state index contributed by atoms with van der Waals surface area (Å²) in [7, 11) is 0. The Morgan fingerprint density at radius 1 is 1.45 bits per heavy atom. The number of carbonyl (C=O) groups is 1. The second-order valence-corrected chi connectivity index (χ2v) is 6.73. The van der Waals surface area contributed by atoms with Crippen molar-refractivity contribution in [2.75, 3.05) is 17.6 Å². The van der Waals surface area contributed by atoms with E-state index in [1.165, 1.54) is 30.6 Å². The van der Waals surface area contributed by atoms with Crippen LogP contribution in [0.1, 0.15) is 55.1 Å². The fourth-order valence-electron chi connectivity index (χ4n) is 2.48. The lowest BCUT2D eigenvalue weighted by Crippen LogP contribution is -2.33. The average Bonchev–Trinajstić information content (AvgIpc) is 3.14. The third kappa shape index (κ3) is 2.75. The molecule has 0 bridgehead atoms. The van der Waals surface area contributed by atoms with Crippen molar-refractivity contribution in [1.82, 2.24) is 9.88 Å². The van der Waals surface area contributed by atoms with Crippen LogP contribution in [0.4, 0.5) is 10.9 Å². The number of nitrogen functional groups attached to an aromatic ring is 1. The number of amides is 1. The number of carbonyl (C=O) groups excluding carboxylic acids is 1. The van der Waals surface area contributed by atoms with Crippen LogP contribution < -0.4 is 11.1 Å². The van der Waals surface area contributed by atoms with Crippen molar-refractivity contribution in [3.05, 3.63) is 4.88 Å². The Kier molecular flexibility index (Phi) is 3.83. The SMILES string of the molecule is CCCN(C(=O)c1sc(NC2CCC2)nc1N)C1CC1. The Morgan fingerprint density at radius 2 is 2.20 bits per heavy atom. The van der Waals surface area contributed by atoms with Crippen molar-refractivity contribution in [3.8, 4) is 0 Å². The van der Waals surface area contributed by atoms with Gasteiger partial charge in [-0.15, -0.1) is 0 Å². The van der Waals surface area contributed by atoms with Gasteiger partial charge in [-0.05, 0) is 38.5 Å². The number of nitrogens with two attached hydrogens (primary N) is 1. The first-order valence-corrected chi connectivity index (χ1v) is 8.34. The predicted molar refractivity (Wildman–Crippen MR) is 82.1 cm³/mol. The highest BCUT2D eigenvalue weighted by Gasteiger charge is 2.34. The molecule has 0 aromatic carbocycles. The van der Waals surface area contributed by atoms with Crippen LogP contribution in [0.25, 0.3) is 0 Å². The molecule has 3 rings (SSSR count). The van der Waals surface area contributed by atoms with Crippen LogP contribution in [0.2, 0.25) is 0 Å². The summed E-state index contributed by atoms with van der Waals surface area (Å²) < 4.78 is 0. The monoisotopic (exact) mass is 294 g/mol. The summed E-state index contributed by atoms with van der Waals surface area (Å²) in [4.78, 5) is 19.5. The van der Waals surface area contributed by atoms with Gasteiger partial charge in [0, 0.05) is 18.6 Å². The van der Waals surface area contributed by atoms with Gasteiger partial charge in [-0.2, -0.15) is 0 Å². The van der Waals surface area contributed by atoms with Crippen LogP contribution in [-0.4, -0.2) is 34.4 Å². The van der Waals surface area contributed by atoms with E-state index in [-0.39, 0.29) is 5.91 Å². The number of thiazole rings is 1. The molecule has 3 N–H and O–H groups in total. The molecule has 20 heavy (non-hydrogen) atoms. The van der Waals surface area contributed by atoms with Gasteiger partial charge in [0.25, 0.3) is 5.91 Å². The molecule has 1 aromatic heterocycles. The second kappa shape index (κ2) is 5.60. The number of rotatable bonds is 6. The molecule has 2 saturated carbocycles. The van der Waals surface area contributed by atoms with Crippen molar-refractivity contribution < 1.29 is 4.79 Å². The second-order valence-electron chi connectivity index (χ2n) is 5.74. The fraction of sp³-hybridized carbons (Fsp3) is 0.714. The minimum Gasteiger partial charge on any atom is -0.382 e. The Balaban J connectivity index is 1.72. The van der Waals surface area contributed by atoms with E-state index in [1.807, 2.05) is 4.90 Å². The van der Waals surface area contributed by atoms with Crippen LogP contribution in [0.15, 0.2) is 0 Å². The van der Waals surface area contributed by atoms with Gasteiger partial charge in [0.2, 0.25) is 0 Å². The van der Waals surface area contributed by atoms with Crippen LogP contribution in [0.3, 0.4) is 0 Å². The van der Waals surface area contributed by atoms with Crippen molar-refractivity contribution in [3.63, 3.8) is 0 Å². The van der Waals surface area contributed by atoms with E-state index in [1.54, 1.807) is 0 Å². The zero-order chi connectivity index (χ0) is 14.1. The standard InChI is InChI=1S/C14H22N4OS/c1-2-8-18(10-6-7-10)13(19)11-12(15)17-14(20-11)16-9-4-3-5-9/h9-10H,2-8,15H2,1H3,(H,16,17). The predicted octanol–water partition coefficient (Wildman–Crippen LogP) is 2.70. The van der Waals surface area contributed by atoms with Gasteiger partial charge in [-0.1, -0.05) is 18.3 Å². The van der Waals surface area contributed by atoms with Crippen molar-refractivity contribution in [2.24, 2.45) is 0 Å². The topological polar surface area (TPSA) is 71.2 Å². The summed E-state index contributed by atoms with van der Waals surface area (Å²) in [6.07, 6.45) is 6.87. The summed E-state index contributed by atoms with van der Waals surface area (Å²) in [6.45, 7) is 2.91. The first kappa shape index (κ1) is 13.7. The number of aromatic nitrogens is 1. The van der Waals surface area contributed by atoms with Gasteiger partial charge >= 0.3 is 0 Å². The zero-order valence-corrected chi connectivity index (χ0v) is 12.7. The average molecular weight is 294 g/mol. The van der Waals surface area contributed by atoms with E-state index < -0.39 is 0 Å². The summed E-state index contributed by atoms with van der Waals surface area (Å²) >= 11 is 1.41. The molecule has 5 nitrogen and oxygen atoms in total. The van der Waals surface area contributed by atoms with Gasteiger partial charge in [0.15, 0.2) is 5.13 Å². The third-order valence-electron chi connectivity index (χ3n) is 3.99. The summed E-state index contributed by atoms with van der Waals surface area (Å²) in [6, 6.07) is 0.936. The Hall–Kier alpha value is -1.30. The minimum atomic E-state index is 0.0611. The van der Waals surface area contributed by atoms with E-state index in [9.17, 15) is 4.79 Å². The van der Waals surface area contributed by atoms with Crippen LogP contribution in [0.5, 0.6) is 0 Å². The highest BCUT2D eigenvalue weighted by Crippen LogP contribution is 2.33. The zero-order valence-electron chi connectivity index (χ0n) is 11.9. The molecule has 0 unspecified atom stereocenters. The van der Waals surface area contributed by atoms with Crippen LogP contribution in [-0.2, 0) is 0 Å². The lowest BCUT2D eigenvalue weighted by molar-refractivity contribution is 0.0749. The molecule has 0 atom stereocenters. The molecule has 0 aliphatic heterocycles. The van der Waals surface area contributed by atoms with E-state index in [2.05, 4.69) is 17.2 Å². The highest BCUT2D eigenvalue weighted by atomic mass is 32.1. The molecule has 2 aliphatic carbocycles. The molecule has 0 spiro atoms. The number of anilines is 2. The molecule has 1 amide bonds. The molecule has 6 heteroatoms. The quantitative estimate of drug-likeness (QED) is 0.846. The normalized spacial score (nSPS) is 18.6. The number of nitrogens with one attached hydrogen (secondary N) is 1. The maximum Gasteiger partial charge on any atom is 0.268 e. The summed E-state index contributed by atoms with van der Waals surface area (Å²) in [5.41, 5.74) is 5.94. The van der Waals surface area contributed by atoms with Gasteiger partial charge in [0.1, 0.15) is 10.7 Å². The van der Waals surface area contributed by atoms with Crippen molar-refractivity contribution in [2.45, 2.75) is 57.5 Å². The maximum absolute atomic E-state index is 12.6. The van der Waals surface area contributed by atoms with Gasteiger partial charge in [-0.3, -0.25) is 4.79 Å². The first-order valence-electron chi connectivity index (χ1n) is 7.53. The molecule has 1 heterocycles. The first-order chi connectivity index (χ1) is 9.69. The molecule has 1 aromatic rings. The molecule has 0 radical (unpaired) electrons. The molecule has 2 fully saturated rings. The molecule has 110 valence electrons. The Morgan fingerprint density at radius 3 is 2.75 bits per heavy atom. The maximum atomic E-state index is 12.6. The number of hydrogen-bond acceptors (Lipinski definition) is 5. The van der Waals surface area contributed by atoms with E-state index >= 15 is 0 Å². The van der Waals surface area contributed by atoms with E-state index in [4.69, 9.17) is 5.73 Å². The molecule has 0 saturated heterocycles. The van der Waals surface area contributed by atoms with Gasteiger partial charge in [0.05, 0.1) is 0 Å². The van der Waals surface area contributed by atoms with E-state index in [0.29, 0.717) is 22.8 Å². The molecular weight excluding hydrogens is 272 g/mol. The largest absolute Gasteiger partial charge is 0.382 e.